The van der Waals surface area contributed by atoms with Crippen LogP contribution in [-0.4, -0.2) is 11.0 Å². The zero-order chi connectivity index (χ0) is 27.5. The first-order chi connectivity index (χ1) is 19.2. The van der Waals surface area contributed by atoms with Crippen molar-refractivity contribution in [3.05, 3.63) is 152 Å². The van der Waals surface area contributed by atoms with Crippen molar-refractivity contribution < 1.29 is 9.53 Å². The standard InChI is InChI=1S/C20H19NO2S.C7H7Br.C5H7NS/c22-20(23-16-18-10-5-2-6-11-18)21(15-19-12-7-13-24-19)14-17-8-3-1-4-9-17;8-6-7-4-2-1-3-5-7;6-4-5-2-1-3-7-5/h1-13H,14-16H2;1-5H,6H2;1-3H,4,6H2. The van der Waals surface area contributed by atoms with Gasteiger partial charge < -0.3 is 10.5 Å². The molecule has 0 aliphatic carbocycles. The lowest BCUT2D eigenvalue weighted by atomic mass is 10.2. The molecule has 0 saturated carbocycles. The van der Waals surface area contributed by atoms with Crippen molar-refractivity contribution in [2.75, 3.05) is 0 Å². The Morgan fingerprint density at radius 1 is 0.667 bits per heavy atom. The fourth-order valence-electron chi connectivity index (χ4n) is 3.39. The zero-order valence-corrected chi connectivity index (χ0v) is 24.9. The van der Waals surface area contributed by atoms with Crippen molar-refractivity contribution in [1.82, 2.24) is 4.90 Å². The Hall–Kier alpha value is -3.23. The van der Waals surface area contributed by atoms with Gasteiger partial charge in [0.1, 0.15) is 6.61 Å². The second-order valence-corrected chi connectivity index (χ2v) is 11.0. The third kappa shape index (κ3) is 12.0. The molecule has 5 aromatic rings. The van der Waals surface area contributed by atoms with Gasteiger partial charge in [-0.15, -0.1) is 22.7 Å². The second kappa shape index (κ2) is 18.1. The Bertz CT molecular complexity index is 1280. The number of nitrogens with two attached hydrogens (primary N) is 1. The van der Waals surface area contributed by atoms with Gasteiger partial charge in [0.15, 0.2) is 0 Å². The van der Waals surface area contributed by atoms with E-state index in [1.165, 1.54) is 10.4 Å². The largest absolute Gasteiger partial charge is 0.445 e. The lowest BCUT2D eigenvalue weighted by Gasteiger charge is -2.22. The van der Waals surface area contributed by atoms with Gasteiger partial charge in [0.05, 0.1) is 6.54 Å². The highest BCUT2D eigenvalue weighted by atomic mass is 79.9. The number of benzene rings is 3. The number of nitrogens with zero attached hydrogens (tertiary/aromatic N) is 1. The molecule has 0 atom stereocenters. The Morgan fingerprint density at radius 2 is 1.18 bits per heavy atom. The highest BCUT2D eigenvalue weighted by molar-refractivity contribution is 9.08. The van der Waals surface area contributed by atoms with Gasteiger partial charge >= 0.3 is 6.09 Å². The van der Waals surface area contributed by atoms with E-state index in [4.69, 9.17) is 10.5 Å². The number of ether oxygens (including phenoxy) is 1. The predicted molar refractivity (Wildman–Crippen MR) is 168 cm³/mol. The average molecular weight is 622 g/mol. The molecule has 0 radical (unpaired) electrons. The van der Waals surface area contributed by atoms with Crippen LogP contribution >= 0.6 is 38.6 Å². The maximum absolute atomic E-state index is 12.6. The minimum Gasteiger partial charge on any atom is -0.445 e. The normalized spacial score (nSPS) is 9.90. The molecule has 5 rings (SSSR count). The summed E-state index contributed by atoms with van der Waals surface area (Å²) in [7, 11) is 0. The summed E-state index contributed by atoms with van der Waals surface area (Å²) in [5.74, 6) is 0. The van der Waals surface area contributed by atoms with Gasteiger partial charge in [0.2, 0.25) is 0 Å². The molecule has 0 bridgehead atoms. The number of halogens is 1. The molecule has 0 unspecified atom stereocenters. The molecule has 0 aliphatic rings. The first kappa shape index (κ1) is 30.3. The summed E-state index contributed by atoms with van der Waals surface area (Å²) >= 11 is 6.70. The topological polar surface area (TPSA) is 55.6 Å². The number of amides is 1. The molecule has 2 aromatic heterocycles. The lowest BCUT2D eigenvalue weighted by molar-refractivity contribution is 0.0914. The molecule has 1 amide bonds. The number of thiophene rings is 2. The van der Waals surface area contributed by atoms with E-state index in [2.05, 4.69) is 28.1 Å². The Labute approximate surface area is 247 Å². The van der Waals surface area contributed by atoms with Crippen molar-refractivity contribution in [3.63, 3.8) is 0 Å². The SMILES string of the molecule is BrCc1ccccc1.NCc1cccs1.O=C(OCc1ccccc1)N(Cc1ccccc1)Cc1cccs1. The van der Waals surface area contributed by atoms with Gasteiger partial charge in [-0.2, -0.15) is 0 Å². The van der Waals surface area contributed by atoms with Crippen molar-refractivity contribution >= 4 is 44.7 Å². The Kier molecular flexibility index (Phi) is 14.1. The molecule has 0 saturated heterocycles. The molecule has 7 heteroatoms. The molecule has 0 fully saturated rings. The van der Waals surface area contributed by atoms with E-state index >= 15 is 0 Å². The van der Waals surface area contributed by atoms with Crippen LogP contribution in [0.3, 0.4) is 0 Å². The fraction of sp³-hybridized carbons (Fsp3) is 0.156. The van der Waals surface area contributed by atoms with Crippen LogP contribution in [0.4, 0.5) is 4.79 Å². The highest BCUT2D eigenvalue weighted by Crippen LogP contribution is 2.16. The third-order valence-corrected chi connectivity index (χ3v) is 7.79. The van der Waals surface area contributed by atoms with E-state index < -0.39 is 0 Å². The first-order valence-electron chi connectivity index (χ1n) is 12.5. The number of rotatable bonds is 8. The van der Waals surface area contributed by atoms with Crippen LogP contribution in [0, 0.1) is 0 Å². The summed E-state index contributed by atoms with van der Waals surface area (Å²) in [5.41, 5.74) is 8.71. The maximum atomic E-state index is 12.6. The van der Waals surface area contributed by atoms with E-state index in [1.54, 1.807) is 27.6 Å². The number of carbonyl (C=O) groups excluding carboxylic acids is 1. The molecule has 4 nitrogen and oxygen atoms in total. The molecular formula is C32H33BrN2O2S2. The predicted octanol–water partition coefficient (Wildman–Crippen LogP) is 8.88. The minimum absolute atomic E-state index is 0.287. The van der Waals surface area contributed by atoms with E-state index in [0.717, 1.165) is 21.3 Å². The van der Waals surface area contributed by atoms with Crippen LogP contribution in [0.5, 0.6) is 0 Å². The van der Waals surface area contributed by atoms with E-state index in [0.29, 0.717) is 19.6 Å². The smallest absolute Gasteiger partial charge is 0.410 e. The van der Waals surface area contributed by atoms with Crippen LogP contribution in [-0.2, 0) is 36.3 Å². The Balaban J connectivity index is 0.000000227. The second-order valence-electron chi connectivity index (χ2n) is 8.36. The van der Waals surface area contributed by atoms with Crippen LogP contribution < -0.4 is 5.73 Å². The minimum atomic E-state index is -0.295. The lowest BCUT2D eigenvalue weighted by Crippen LogP contribution is -2.30. The van der Waals surface area contributed by atoms with Gasteiger partial charge in [0.25, 0.3) is 0 Å². The molecule has 2 N–H and O–H groups in total. The molecular weight excluding hydrogens is 588 g/mol. The number of carbonyl (C=O) groups is 1. The first-order valence-corrected chi connectivity index (χ1v) is 15.4. The van der Waals surface area contributed by atoms with Crippen molar-refractivity contribution in [3.8, 4) is 0 Å². The summed E-state index contributed by atoms with van der Waals surface area (Å²) in [6.45, 7) is 2.06. The van der Waals surface area contributed by atoms with Crippen molar-refractivity contribution in [1.29, 1.82) is 0 Å². The van der Waals surface area contributed by atoms with Crippen molar-refractivity contribution in [2.24, 2.45) is 5.73 Å². The molecule has 0 spiro atoms. The van der Waals surface area contributed by atoms with Gasteiger partial charge in [-0.05, 0) is 39.6 Å². The molecule has 39 heavy (non-hydrogen) atoms. The van der Waals surface area contributed by atoms with Gasteiger partial charge in [-0.1, -0.05) is 119 Å². The highest BCUT2D eigenvalue weighted by Gasteiger charge is 2.16. The quantitative estimate of drug-likeness (QED) is 0.176. The van der Waals surface area contributed by atoms with E-state index in [-0.39, 0.29) is 12.7 Å². The molecule has 202 valence electrons. The van der Waals surface area contributed by atoms with Crippen molar-refractivity contribution in [2.45, 2.75) is 31.6 Å². The summed E-state index contributed by atoms with van der Waals surface area (Å²) in [5, 5.41) is 5.00. The maximum Gasteiger partial charge on any atom is 0.410 e. The van der Waals surface area contributed by atoms with Crippen LogP contribution in [0.2, 0.25) is 0 Å². The monoisotopic (exact) mass is 620 g/mol. The fourth-order valence-corrected chi connectivity index (χ4v) is 5.06. The number of hydrogen-bond acceptors (Lipinski definition) is 5. The summed E-state index contributed by atoms with van der Waals surface area (Å²) in [6, 6.07) is 38.1. The molecule has 0 aliphatic heterocycles. The molecule has 3 aromatic carbocycles. The van der Waals surface area contributed by atoms with E-state index in [9.17, 15) is 4.79 Å². The number of alkyl halides is 1. The molecule has 2 heterocycles. The number of hydrogen-bond donors (Lipinski definition) is 1. The Morgan fingerprint density at radius 3 is 1.62 bits per heavy atom. The summed E-state index contributed by atoms with van der Waals surface area (Å²) in [6.07, 6.45) is -0.295. The van der Waals surface area contributed by atoms with E-state index in [1.807, 2.05) is 114 Å². The summed E-state index contributed by atoms with van der Waals surface area (Å²) < 4.78 is 5.50. The van der Waals surface area contributed by atoms with Gasteiger partial charge in [-0.25, -0.2) is 4.79 Å². The van der Waals surface area contributed by atoms with Gasteiger partial charge in [0, 0.05) is 28.2 Å². The average Bonchev–Trinajstić information content (AvgIpc) is 3.73. The van der Waals surface area contributed by atoms with Crippen LogP contribution in [0.1, 0.15) is 26.4 Å². The van der Waals surface area contributed by atoms with Crippen LogP contribution in [0.25, 0.3) is 0 Å². The summed E-state index contributed by atoms with van der Waals surface area (Å²) in [4.78, 5) is 16.7. The third-order valence-electron chi connectivity index (χ3n) is 5.38. The van der Waals surface area contributed by atoms with Crippen LogP contribution in [0.15, 0.2) is 126 Å². The van der Waals surface area contributed by atoms with Gasteiger partial charge in [-0.3, -0.25) is 4.90 Å². The zero-order valence-electron chi connectivity index (χ0n) is 21.7.